The molecular weight excluding hydrogens is 264 g/mol. The maximum atomic E-state index is 12.2. The molecule has 2 unspecified atom stereocenters. The van der Waals surface area contributed by atoms with Crippen molar-refractivity contribution in [2.75, 3.05) is 13.7 Å². The van der Waals surface area contributed by atoms with Gasteiger partial charge in [0.25, 0.3) is 0 Å². The third-order valence-electron chi connectivity index (χ3n) is 4.25. The lowest BCUT2D eigenvalue weighted by atomic mass is 9.91. The third-order valence-corrected chi connectivity index (χ3v) is 4.25. The highest BCUT2D eigenvalue weighted by molar-refractivity contribution is 5.80. The van der Waals surface area contributed by atoms with Crippen LogP contribution in [0.2, 0.25) is 0 Å². The molecule has 0 saturated heterocycles. The second-order valence-corrected chi connectivity index (χ2v) is 7.48. The van der Waals surface area contributed by atoms with E-state index in [9.17, 15) is 4.79 Å². The zero-order chi connectivity index (χ0) is 16.2. The predicted molar refractivity (Wildman–Crippen MR) is 87.3 cm³/mol. The van der Waals surface area contributed by atoms with Crippen LogP contribution in [0.1, 0.15) is 60.8 Å². The first-order chi connectivity index (χ1) is 9.69. The summed E-state index contributed by atoms with van der Waals surface area (Å²) in [6.45, 7) is 14.2. The van der Waals surface area contributed by atoms with Crippen LogP contribution >= 0.6 is 0 Å². The first kappa shape index (κ1) is 18.4. The van der Waals surface area contributed by atoms with E-state index in [-0.39, 0.29) is 5.97 Å². The van der Waals surface area contributed by atoms with Crippen molar-refractivity contribution >= 4 is 5.97 Å². The zero-order valence-electron chi connectivity index (χ0n) is 14.9. The summed E-state index contributed by atoms with van der Waals surface area (Å²) in [4.78, 5) is 14.7. The molecule has 0 amide bonds. The lowest BCUT2D eigenvalue weighted by Crippen LogP contribution is -2.55. The number of hydrogen-bond donors (Lipinski definition) is 1. The molecule has 1 aliphatic carbocycles. The summed E-state index contributed by atoms with van der Waals surface area (Å²) in [5.41, 5.74) is -0.584. The molecule has 124 valence electrons. The van der Waals surface area contributed by atoms with E-state index in [4.69, 9.17) is 4.74 Å². The zero-order valence-corrected chi connectivity index (χ0v) is 14.9. The van der Waals surface area contributed by atoms with Gasteiger partial charge in [0.05, 0.1) is 7.11 Å². The van der Waals surface area contributed by atoms with Crippen molar-refractivity contribution in [3.05, 3.63) is 0 Å². The monoisotopic (exact) mass is 298 g/mol. The number of esters is 1. The maximum Gasteiger partial charge on any atom is 0.325 e. The fraction of sp³-hybridized carbons (Fsp3) is 0.941. The molecule has 1 aliphatic rings. The van der Waals surface area contributed by atoms with Crippen LogP contribution in [0.25, 0.3) is 0 Å². The van der Waals surface area contributed by atoms with Gasteiger partial charge in [0, 0.05) is 24.7 Å². The van der Waals surface area contributed by atoms with Gasteiger partial charge in [-0.15, -0.1) is 0 Å². The van der Waals surface area contributed by atoms with E-state index in [0.29, 0.717) is 24.0 Å². The van der Waals surface area contributed by atoms with Gasteiger partial charge in [0.1, 0.15) is 5.54 Å². The Morgan fingerprint density at radius 2 is 1.86 bits per heavy atom. The molecule has 2 atom stereocenters. The summed E-state index contributed by atoms with van der Waals surface area (Å²) in [5, 5.41) is 3.49. The average molecular weight is 298 g/mol. The number of methoxy groups -OCH3 is 1. The van der Waals surface area contributed by atoms with E-state index in [0.717, 1.165) is 13.0 Å². The minimum absolute atomic E-state index is 0.144. The second-order valence-electron chi connectivity index (χ2n) is 7.48. The number of nitrogens with zero attached hydrogens (tertiary/aromatic N) is 1. The minimum Gasteiger partial charge on any atom is -0.468 e. The topological polar surface area (TPSA) is 41.6 Å². The Balaban J connectivity index is 2.76. The summed E-state index contributed by atoms with van der Waals surface area (Å²) in [6.07, 6.45) is 3.11. The Labute approximate surface area is 130 Å². The first-order valence-corrected chi connectivity index (χ1v) is 8.31. The highest BCUT2D eigenvalue weighted by atomic mass is 16.5. The van der Waals surface area contributed by atoms with Crippen molar-refractivity contribution < 1.29 is 9.53 Å². The molecule has 1 saturated carbocycles. The van der Waals surface area contributed by atoms with Crippen LogP contribution in [0.3, 0.4) is 0 Å². The number of nitrogens with one attached hydrogen (secondary N) is 1. The van der Waals surface area contributed by atoms with Crippen molar-refractivity contribution in [1.29, 1.82) is 0 Å². The van der Waals surface area contributed by atoms with E-state index in [2.05, 4.69) is 44.8 Å². The van der Waals surface area contributed by atoms with E-state index in [1.807, 2.05) is 6.92 Å². The molecule has 0 aromatic carbocycles. The maximum absolute atomic E-state index is 12.2. The molecule has 0 spiro atoms. The van der Waals surface area contributed by atoms with E-state index in [1.54, 1.807) is 0 Å². The van der Waals surface area contributed by atoms with Crippen molar-refractivity contribution in [2.24, 2.45) is 5.92 Å². The van der Waals surface area contributed by atoms with Crippen LogP contribution in [0.5, 0.6) is 0 Å². The Morgan fingerprint density at radius 1 is 1.29 bits per heavy atom. The molecule has 21 heavy (non-hydrogen) atoms. The first-order valence-electron chi connectivity index (χ1n) is 8.31. The normalized spacial score (nSPS) is 19.9. The summed E-state index contributed by atoms with van der Waals surface area (Å²) < 4.78 is 5.05. The van der Waals surface area contributed by atoms with Gasteiger partial charge >= 0.3 is 5.97 Å². The van der Waals surface area contributed by atoms with Crippen LogP contribution in [0.4, 0.5) is 0 Å². The Hall–Kier alpha value is -0.610. The Kier molecular flexibility index (Phi) is 6.67. The number of ether oxygens (including phenoxy) is 1. The SMILES string of the molecule is COC(=O)C(C)(CC(C)N(CC(C)C)C(C)C)NC1CC1. The van der Waals surface area contributed by atoms with Gasteiger partial charge < -0.3 is 4.74 Å². The highest BCUT2D eigenvalue weighted by Gasteiger charge is 2.41. The Bertz CT molecular complexity index is 340. The van der Waals surface area contributed by atoms with Crippen molar-refractivity contribution in [3.63, 3.8) is 0 Å². The lowest BCUT2D eigenvalue weighted by molar-refractivity contribution is -0.149. The van der Waals surface area contributed by atoms with Gasteiger partial charge in [0.15, 0.2) is 0 Å². The molecule has 0 radical (unpaired) electrons. The molecular formula is C17H34N2O2. The molecule has 1 rings (SSSR count). The highest BCUT2D eigenvalue weighted by Crippen LogP contribution is 2.27. The third kappa shape index (κ3) is 5.59. The molecule has 1 fully saturated rings. The van der Waals surface area contributed by atoms with Gasteiger partial charge in [-0.05, 0) is 52.9 Å². The molecule has 0 heterocycles. The van der Waals surface area contributed by atoms with Crippen LogP contribution in [0.15, 0.2) is 0 Å². The number of carbonyl (C=O) groups is 1. The molecule has 4 heteroatoms. The van der Waals surface area contributed by atoms with Crippen molar-refractivity contribution in [2.45, 2.75) is 84.5 Å². The molecule has 4 nitrogen and oxygen atoms in total. The quantitative estimate of drug-likeness (QED) is 0.665. The summed E-state index contributed by atoms with van der Waals surface area (Å²) >= 11 is 0. The van der Waals surface area contributed by atoms with Gasteiger partial charge in [-0.3, -0.25) is 15.0 Å². The second kappa shape index (κ2) is 7.59. The summed E-state index contributed by atoms with van der Waals surface area (Å²) in [5.74, 6) is 0.477. The van der Waals surface area contributed by atoms with Crippen LogP contribution in [-0.2, 0) is 9.53 Å². The predicted octanol–water partition coefficient (Wildman–Crippen LogP) is 2.82. The standard InChI is InChI=1S/C17H34N2O2/c1-12(2)11-19(13(3)4)14(5)10-17(6,16(20)21-7)18-15-8-9-15/h12-15,18H,8-11H2,1-7H3. The fourth-order valence-electron chi connectivity index (χ4n) is 3.13. The number of carbonyl (C=O) groups excluding carboxylic acids is 1. The molecule has 0 aromatic rings. The van der Waals surface area contributed by atoms with Gasteiger partial charge in [-0.2, -0.15) is 0 Å². The van der Waals surface area contributed by atoms with Gasteiger partial charge in [-0.1, -0.05) is 13.8 Å². The van der Waals surface area contributed by atoms with Gasteiger partial charge in [0.2, 0.25) is 0 Å². The molecule has 0 aromatic heterocycles. The number of hydrogen-bond acceptors (Lipinski definition) is 4. The fourth-order valence-corrected chi connectivity index (χ4v) is 3.13. The lowest BCUT2D eigenvalue weighted by Gasteiger charge is -2.39. The average Bonchev–Trinajstić information content (AvgIpc) is 3.17. The molecule has 1 N–H and O–H groups in total. The smallest absolute Gasteiger partial charge is 0.325 e. The number of rotatable bonds is 9. The summed E-state index contributed by atoms with van der Waals surface area (Å²) in [6, 6.07) is 1.30. The van der Waals surface area contributed by atoms with Crippen molar-refractivity contribution in [1.82, 2.24) is 10.2 Å². The Morgan fingerprint density at radius 3 is 2.24 bits per heavy atom. The largest absolute Gasteiger partial charge is 0.468 e. The van der Waals surface area contributed by atoms with Crippen LogP contribution in [0, 0.1) is 5.92 Å². The van der Waals surface area contributed by atoms with E-state index >= 15 is 0 Å². The van der Waals surface area contributed by atoms with Gasteiger partial charge in [-0.25, -0.2) is 0 Å². The summed E-state index contributed by atoms with van der Waals surface area (Å²) in [7, 11) is 1.48. The van der Waals surface area contributed by atoms with Crippen LogP contribution in [-0.4, -0.2) is 48.2 Å². The van der Waals surface area contributed by atoms with E-state index in [1.165, 1.54) is 20.0 Å². The van der Waals surface area contributed by atoms with Crippen LogP contribution < -0.4 is 5.32 Å². The van der Waals surface area contributed by atoms with E-state index < -0.39 is 5.54 Å². The minimum atomic E-state index is -0.584. The molecule has 0 aliphatic heterocycles. The van der Waals surface area contributed by atoms with Crippen molar-refractivity contribution in [3.8, 4) is 0 Å². The molecule has 0 bridgehead atoms.